The Morgan fingerprint density at radius 2 is 1.76 bits per heavy atom. The van der Waals surface area contributed by atoms with E-state index in [9.17, 15) is 17.6 Å². The molecule has 0 atom stereocenters. The smallest absolute Gasteiger partial charge is 0.304 e. The van der Waals surface area contributed by atoms with Gasteiger partial charge in [-0.05, 0) is 30.2 Å². The number of thioether (sulfide) groups is 1. The van der Waals surface area contributed by atoms with Gasteiger partial charge in [-0.2, -0.15) is 24.5 Å². The van der Waals surface area contributed by atoms with Gasteiger partial charge in [0.2, 0.25) is 5.91 Å². The van der Waals surface area contributed by atoms with E-state index in [4.69, 9.17) is 0 Å². The van der Waals surface area contributed by atoms with Crippen molar-refractivity contribution in [2.45, 2.75) is 12.7 Å². The minimum absolute atomic E-state index is 0.162. The predicted molar refractivity (Wildman–Crippen MR) is 117 cm³/mol. The standard InChI is InChI=1S/C20H26FN3O3S2/c1-16-8-4-5-9-17(16)15-28-13-12-22-20(25)14-24(29(26,27)23(2)3)19-11-7-6-10-18(19)21/h4-11H,12-15H2,1-3H3,(H,22,25). The molecule has 9 heteroatoms. The fraction of sp³-hybridized carbons (Fsp3) is 0.350. The number of amides is 1. The number of carbonyl (C=O) groups excluding carboxylic acids is 1. The fourth-order valence-corrected chi connectivity index (χ4v) is 4.55. The first-order valence-corrected chi connectivity index (χ1v) is 11.6. The van der Waals surface area contributed by atoms with Crippen molar-refractivity contribution in [1.82, 2.24) is 9.62 Å². The van der Waals surface area contributed by atoms with Crippen LogP contribution in [0.4, 0.5) is 10.1 Å². The summed E-state index contributed by atoms with van der Waals surface area (Å²) in [6.45, 7) is 1.95. The van der Waals surface area contributed by atoms with Crippen molar-refractivity contribution >= 4 is 33.6 Å². The zero-order chi connectivity index (χ0) is 21.4. The van der Waals surface area contributed by atoms with E-state index in [1.54, 1.807) is 11.8 Å². The normalized spacial score (nSPS) is 11.5. The maximum atomic E-state index is 14.2. The molecule has 0 saturated carbocycles. The van der Waals surface area contributed by atoms with Gasteiger partial charge in [-0.3, -0.25) is 4.79 Å². The minimum atomic E-state index is -4.03. The van der Waals surface area contributed by atoms with Crippen molar-refractivity contribution in [2.24, 2.45) is 0 Å². The predicted octanol–water partition coefficient (Wildman–Crippen LogP) is 2.80. The van der Waals surface area contributed by atoms with Crippen LogP contribution >= 0.6 is 11.8 Å². The Balaban J connectivity index is 1.93. The average molecular weight is 440 g/mol. The molecule has 2 rings (SSSR count). The maximum Gasteiger partial charge on any atom is 0.304 e. The molecule has 29 heavy (non-hydrogen) atoms. The first kappa shape index (κ1) is 23.2. The molecule has 0 spiro atoms. The monoisotopic (exact) mass is 439 g/mol. The third kappa shape index (κ3) is 6.45. The van der Waals surface area contributed by atoms with Gasteiger partial charge in [-0.1, -0.05) is 36.4 Å². The van der Waals surface area contributed by atoms with Crippen molar-refractivity contribution in [2.75, 3.05) is 37.2 Å². The highest BCUT2D eigenvalue weighted by Gasteiger charge is 2.29. The Morgan fingerprint density at radius 1 is 1.10 bits per heavy atom. The zero-order valence-corrected chi connectivity index (χ0v) is 18.4. The number of nitrogens with zero attached hydrogens (tertiary/aromatic N) is 2. The summed E-state index contributed by atoms with van der Waals surface area (Å²) in [7, 11) is -1.35. The van der Waals surface area contributed by atoms with Crippen LogP contribution < -0.4 is 9.62 Å². The lowest BCUT2D eigenvalue weighted by atomic mass is 10.1. The summed E-state index contributed by atoms with van der Waals surface area (Å²) in [4.78, 5) is 12.3. The van der Waals surface area contributed by atoms with Crippen LogP contribution in [0.3, 0.4) is 0 Å². The number of benzene rings is 2. The van der Waals surface area contributed by atoms with Crippen LogP contribution in [0.5, 0.6) is 0 Å². The first-order valence-electron chi connectivity index (χ1n) is 9.07. The van der Waals surface area contributed by atoms with Gasteiger partial charge in [0.15, 0.2) is 0 Å². The number of aryl methyl sites for hydroxylation is 1. The van der Waals surface area contributed by atoms with Gasteiger partial charge in [-0.25, -0.2) is 8.70 Å². The van der Waals surface area contributed by atoms with Crippen molar-refractivity contribution in [3.05, 3.63) is 65.5 Å². The molecule has 0 aliphatic carbocycles. The molecule has 2 aromatic carbocycles. The van der Waals surface area contributed by atoms with E-state index in [2.05, 4.69) is 24.4 Å². The number of halogens is 1. The lowest BCUT2D eigenvalue weighted by Gasteiger charge is -2.27. The highest BCUT2D eigenvalue weighted by Crippen LogP contribution is 2.22. The van der Waals surface area contributed by atoms with Crippen molar-refractivity contribution in [1.29, 1.82) is 0 Å². The van der Waals surface area contributed by atoms with Crippen LogP contribution in [0.2, 0.25) is 0 Å². The molecule has 0 radical (unpaired) electrons. The number of hydrogen-bond donors (Lipinski definition) is 1. The second-order valence-electron chi connectivity index (χ2n) is 6.58. The number of nitrogens with one attached hydrogen (secondary N) is 1. The largest absolute Gasteiger partial charge is 0.354 e. The van der Waals surface area contributed by atoms with Gasteiger partial charge in [-0.15, -0.1) is 0 Å². The Labute approximate surface area is 176 Å². The van der Waals surface area contributed by atoms with Crippen LogP contribution in [0.1, 0.15) is 11.1 Å². The van der Waals surface area contributed by atoms with E-state index in [1.807, 2.05) is 12.1 Å². The summed E-state index contributed by atoms with van der Waals surface area (Å²) >= 11 is 1.68. The minimum Gasteiger partial charge on any atom is -0.354 e. The lowest BCUT2D eigenvalue weighted by Crippen LogP contribution is -2.46. The third-order valence-corrected chi connectivity index (χ3v) is 7.05. The molecule has 0 fully saturated rings. The molecular formula is C20H26FN3O3S2. The summed E-state index contributed by atoms with van der Waals surface area (Å²) in [6, 6.07) is 13.6. The number of para-hydroxylation sites is 1. The average Bonchev–Trinajstić information content (AvgIpc) is 2.67. The summed E-state index contributed by atoms with van der Waals surface area (Å²) in [5.41, 5.74) is 2.30. The number of rotatable bonds is 10. The number of anilines is 1. The second kappa shape index (κ2) is 10.6. The molecule has 0 aliphatic rings. The molecule has 1 N–H and O–H groups in total. The Hall–Kier alpha value is -2.10. The van der Waals surface area contributed by atoms with Gasteiger partial charge in [0, 0.05) is 32.1 Å². The van der Waals surface area contributed by atoms with Crippen molar-refractivity contribution in [3.63, 3.8) is 0 Å². The molecule has 158 valence electrons. The molecule has 2 aromatic rings. The Kier molecular flexibility index (Phi) is 8.48. The van der Waals surface area contributed by atoms with Crippen LogP contribution in [0.15, 0.2) is 48.5 Å². The van der Waals surface area contributed by atoms with Crippen molar-refractivity contribution in [3.8, 4) is 0 Å². The second-order valence-corrected chi connectivity index (χ2v) is 9.75. The molecule has 6 nitrogen and oxygen atoms in total. The maximum absolute atomic E-state index is 14.2. The SMILES string of the molecule is Cc1ccccc1CSCCNC(=O)CN(c1ccccc1F)S(=O)(=O)N(C)C. The number of carbonyl (C=O) groups is 1. The van der Waals surface area contributed by atoms with Gasteiger partial charge in [0.25, 0.3) is 0 Å². The zero-order valence-electron chi connectivity index (χ0n) is 16.8. The van der Waals surface area contributed by atoms with Crippen molar-refractivity contribution < 1.29 is 17.6 Å². The van der Waals surface area contributed by atoms with Crippen LogP contribution in [0, 0.1) is 12.7 Å². The summed E-state index contributed by atoms with van der Waals surface area (Å²) in [5.74, 6) is 0.314. The highest BCUT2D eigenvalue weighted by molar-refractivity contribution is 7.98. The third-order valence-electron chi connectivity index (χ3n) is 4.24. The van der Waals surface area contributed by atoms with Crippen LogP contribution in [0.25, 0.3) is 0 Å². The summed E-state index contributed by atoms with van der Waals surface area (Å²) in [5, 5.41) is 2.71. The van der Waals surface area contributed by atoms with E-state index < -0.39 is 28.5 Å². The quantitative estimate of drug-likeness (QED) is 0.578. The van der Waals surface area contributed by atoms with Crippen LogP contribution in [-0.2, 0) is 20.8 Å². The molecule has 1 amide bonds. The molecule has 0 unspecified atom stereocenters. The lowest BCUT2D eigenvalue weighted by molar-refractivity contribution is -0.119. The fourth-order valence-electron chi connectivity index (χ4n) is 2.55. The summed E-state index contributed by atoms with van der Waals surface area (Å²) in [6.07, 6.45) is 0. The van der Waals surface area contributed by atoms with Gasteiger partial charge in [0.05, 0.1) is 5.69 Å². The Morgan fingerprint density at radius 3 is 2.41 bits per heavy atom. The molecular weight excluding hydrogens is 413 g/mol. The molecule has 0 bridgehead atoms. The molecule has 0 heterocycles. The topological polar surface area (TPSA) is 69.7 Å². The van der Waals surface area contributed by atoms with E-state index >= 15 is 0 Å². The van der Waals surface area contributed by atoms with Gasteiger partial charge in [0.1, 0.15) is 12.4 Å². The number of hydrogen-bond acceptors (Lipinski definition) is 4. The van der Waals surface area contributed by atoms with E-state index in [0.717, 1.165) is 20.4 Å². The van der Waals surface area contributed by atoms with E-state index in [-0.39, 0.29) is 5.69 Å². The molecule has 0 aromatic heterocycles. The highest BCUT2D eigenvalue weighted by atomic mass is 32.2. The Bertz CT molecular complexity index is 936. The molecule has 0 saturated heterocycles. The van der Waals surface area contributed by atoms with E-state index in [1.165, 1.54) is 43.4 Å². The summed E-state index contributed by atoms with van der Waals surface area (Å²) < 4.78 is 41.1. The van der Waals surface area contributed by atoms with Crippen LogP contribution in [-0.4, -0.2) is 51.6 Å². The first-order chi connectivity index (χ1) is 13.7. The van der Waals surface area contributed by atoms with Gasteiger partial charge >= 0.3 is 10.2 Å². The molecule has 0 aliphatic heterocycles. The van der Waals surface area contributed by atoms with Gasteiger partial charge < -0.3 is 5.32 Å². The van der Waals surface area contributed by atoms with E-state index in [0.29, 0.717) is 12.3 Å².